The first kappa shape index (κ1) is 13.8. The van der Waals surface area contributed by atoms with Crippen molar-refractivity contribution < 1.29 is 4.74 Å². The van der Waals surface area contributed by atoms with E-state index in [0.717, 1.165) is 25.3 Å². The Bertz CT molecular complexity index is 406. The van der Waals surface area contributed by atoms with Crippen LogP contribution in [0.3, 0.4) is 0 Å². The first-order chi connectivity index (χ1) is 9.81. The van der Waals surface area contributed by atoms with Crippen molar-refractivity contribution in [1.29, 1.82) is 0 Å². The van der Waals surface area contributed by atoms with Crippen LogP contribution in [0.1, 0.15) is 37.3 Å². The zero-order chi connectivity index (χ0) is 13.8. The van der Waals surface area contributed by atoms with Crippen molar-refractivity contribution in [2.24, 2.45) is 0 Å². The summed E-state index contributed by atoms with van der Waals surface area (Å²) in [6.07, 6.45) is 6.79. The summed E-state index contributed by atoms with van der Waals surface area (Å²) in [5, 5.41) is 3.52. The van der Waals surface area contributed by atoms with Gasteiger partial charge in [0.05, 0.1) is 18.5 Å². The van der Waals surface area contributed by atoms with Crippen LogP contribution >= 0.6 is 0 Å². The number of hydrogen-bond acceptors (Lipinski definition) is 4. The summed E-state index contributed by atoms with van der Waals surface area (Å²) in [6, 6.07) is 4.82. The molecule has 0 spiro atoms. The van der Waals surface area contributed by atoms with Crippen LogP contribution in [0.25, 0.3) is 0 Å². The lowest BCUT2D eigenvalue weighted by Gasteiger charge is -2.28. The predicted octanol–water partition coefficient (Wildman–Crippen LogP) is 2.48. The largest absolute Gasteiger partial charge is 0.379 e. The van der Waals surface area contributed by atoms with E-state index in [0.29, 0.717) is 12.0 Å². The van der Waals surface area contributed by atoms with Gasteiger partial charge in [-0.1, -0.05) is 0 Å². The van der Waals surface area contributed by atoms with Crippen molar-refractivity contribution in [3.05, 3.63) is 24.0 Å². The van der Waals surface area contributed by atoms with E-state index in [2.05, 4.69) is 34.4 Å². The summed E-state index contributed by atoms with van der Waals surface area (Å²) < 4.78 is 5.50. The van der Waals surface area contributed by atoms with Gasteiger partial charge in [0.1, 0.15) is 0 Å². The van der Waals surface area contributed by atoms with Crippen LogP contribution in [0.5, 0.6) is 0 Å². The van der Waals surface area contributed by atoms with Crippen molar-refractivity contribution in [2.45, 2.75) is 37.6 Å². The number of aromatic nitrogens is 1. The molecule has 4 heteroatoms. The maximum absolute atomic E-state index is 5.50. The maximum Gasteiger partial charge on any atom is 0.0667 e. The highest BCUT2D eigenvalue weighted by atomic mass is 16.5. The normalized spacial score (nSPS) is 25.6. The molecule has 0 aliphatic carbocycles. The van der Waals surface area contributed by atoms with E-state index >= 15 is 0 Å². The quantitative estimate of drug-likeness (QED) is 0.919. The van der Waals surface area contributed by atoms with Crippen LogP contribution in [0, 0.1) is 0 Å². The van der Waals surface area contributed by atoms with Crippen molar-refractivity contribution >= 4 is 5.69 Å². The molecule has 3 heterocycles. The Balaban J connectivity index is 1.56. The second kappa shape index (κ2) is 6.55. The van der Waals surface area contributed by atoms with Crippen molar-refractivity contribution in [2.75, 3.05) is 38.7 Å². The lowest BCUT2D eigenvalue weighted by molar-refractivity contribution is 0.0876. The molecule has 0 aromatic carbocycles. The van der Waals surface area contributed by atoms with E-state index in [4.69, 9.17) is 4.74 Å². The monoisotopic (exact) mass is 275 g/mol. The SMILES string of the molecule is CN1CCC(c2ccc(N[C@H]3CCCOC3)cn2)CC1. The first-order valence-electron chi connectivity index (χ1n) is 7.80. The van der Waals surface area contributed by atoms with Crippen LogP contribution < -0.4 is 5.32 Å². The van der Waals surface area contributed by atoms with Crippen molar-refractivity contribution in [1.82, 2.24) is 9.88 Å². The minimum absolute atomic E-state index is 0.444. The van der Waals surface area contributed by atoms with Gasteiger partial charge in [-0.15, -0.1) is 0 Å². The van der Waals surface area contributed by atoms with Gasteiger partial charge in [0.25, 0.3) is 0 Å². The standard InChI is InChI=1S/C16H25N3O/c1-19-8-6-13(7-9-19)16-5-4-14(11-17-16)18-15-3-2-10-20-12-15/h4-5,11,13,15,18H,2-3,6-10,12H2,1H3/t15-/m0/s1. The fraction of sp³-hybridized carbons (Fsp3) is 0.688. The molecule has 0 bridgehead atoms. The minimum Gasteiger partial charge on any atom is -0.379 e. The van der Waals surface area contributed by atoms with E-state index in [-0.39, 0.29) is 0 Å². The Morgan fingerprint density at radius 1 is 1.25 bits per heavy atom. The molecule has 1 atom stereocenters. The molecule has 110 valence electrons. The first-order valence-corrected chi connectivity index (χ1v) is 7.80. The number of pyridine rings is 1. The second-order valence-electron chi connectivity index (χ2n) is 6.11. The van der Waals surface area contributed by atoms with Gasteiger partial charge < -0.3 is 15.0 Å². The van der Waals surface area contributed by atoms with Gasteiger partial charge >= 0.3 is 0 Å². The third-order valence-corrected chi connectivity index (χ3v) is 4.45. The third-order valence-electron chi connectivity index (χ3n) is 4.45. The summed E-state index contributed by atoms with van der Waals surface area (Å²) in [6.45, 7) is 4.10. The average Bonchev–Trinajstić information content (AvgIpc) is 2.50. The fourth-order valence-corrected chi connectivity index (χ4v) is 3.13. The molecule has 0 amide bonds. The van der Waals surface area contributed by atoms with Crippen LogP contribution in [0.2, 0.25) is 0 Å². The number of nitrogens with zero attached hydrogens (tertiary/aromatic N) is 2. The molecule has 1 aromatic rings. The lowest BCUT2D eigenvalue weighted by atomic mass is 9.93. The number of piperidine rings is 1. The highest BCUT2D eigenvalue weighted by Crippen LogP contribution is 2.26. The van der Waals surface area contributed by atoms with Gasteiger partial charge in [-0.05, 0) is 58.0 Å². The molecule has 4 nitrogen and oxygen atoms in total. The highest BCUT2D eigenvalue weighted by Gasteiger charge is 2.19. The predicted molar refractivity (Wildman–Crippen MR) is 81.2 cm³/mol. The van der Waals surface area contributed by atoms with Crippen molar-refractivity contribution in [3.63, 3.8) is 0 Å². The van der Waals surface area contributed by atoms with Gasteiger partial charge in [-0.2, -0.15) is 0 Å². The Hall–Kier alpha value is -1.13. The van der Waals surface area contributed by atoms with Gasteiger partial charge in [-0.25, -0.2) is 0 Å². The molecular formula is C16H25N3O. The summed E-state index contributed by atoms with van der Waals surface area (Å²) >= 11 is 0. The Morgan fingerprint density at radius 3 is 2.75 bits per heavy atom. The molecule has 2 saturated heterocycles. The van der Waals surface area contributed by atoms with Crippen LogP contribution in [-0.4, -0.2) is 49.3 Å². The third kappa shape index (κ3) is 3.49. The fourth-order valence-electron chi connectivity index (χ4n) is 3.13. The Morgan fingerprint density at radius 2 is 2.10 bits per heavy atom. The number of likely N-dealkylation sites (tertiary alicyclic amines) is 1. The molecular weight excluding hydrogens is 250 g/mol. The zero-order valence-corrected chi connectivity index (χ0v) is 12.3. The summed E-state index contributed by atoms with van der Waals surface area (Å²) in [4.78, 5) is 7.07. The number of nitrogens with one attached hydrogen (secondary N) is 1. The number of ether oxygens (including phenoxy) is 1. The van der Waals surface area contributed by atoms with E-state index in [1.807, 2.05) is 6.20 Å². The molecule has 1 N–H and O–H groups in total. The zero-order valence-electron chi connectivity index (χ0n) is 12.3. The molecule has 0 unspecified atom stereocenters. The van der Waals surface area contributed by atoms with E-state index in [1.165, 1.54) is 38.0 Å². The molecule has 0 radical (unpaired) electrons. The topological polar surface area (TPSA) is 37.4 Å². The number of rotatable bonds is 3. The Labute approximate surface area is 121 Å². The van der Waals surface area contributed by atoms with Gasteiger partial charge in [0.2, 0.25) is 0 Å². The lowest BCUT2D eigenvalue weighted by Crippen LogP contribution is -2.30. The number of anilines is 1. The van der Waals surface area contributed by atoms with Crippen LogP contribution in [0.4, 0.5) is 5.69 Å². The van der Waals surface area contributed by atoms with Crippen LogP contribution in [-0.2, 0) is 4.74 Å². The molecule has 2 fully saturated rings. The van der Waals surface area contributed by atoms with Gasteiger partial charge in [0, 0.05) is 24.3 Å². The van der Waals surface area contributed by atoms with Crippen molar-refractivity contribution in [3.8, 4) is 0 Å². The smallest absolute Gasteiger partial charge is 0.0667 e. The minimum atomic E-state index is 0.444. The van der Waals surface area contributed by atoms with Crippen LogP contribution in [0.15, 0.2) is 18.3 Å². The summed E-state index contributed by atoms with van der Waals surface area (Å²) in [7, 11) is 2.20. The molecule has 20 heavy (non-hydrogen) atoms. The molecule has 2 aliphatic heterocycles. The summed E-state index contributed by atoms with van der Waals surface area (Å²) in [5.74, 6) is 0.637. The maximum atomic E-state index is 5.50. The molecule has 2 aliphatic rings. The van der Waals surface area contributed by atoms with E-state index < -0.39 is 0 Å². The average molecular weight is 275 g/mol. The molecule has 1 aromatic heterocycles. The van der Waals surface area contributed by atoms with E-state index in [9.17, 15) is 0 Å². The van der Waals surface area contributed by atoms with Gasteiger partial charge in [0.15, 0.2) is 0 Å². The molecule has 3 rings (SSSR count). The van der Waals surface area contributed by atoms with E-state index in [1.54, 1.807) is 0 Å². The highest BCUT2D eigenvalue weighted by molar-refractivity contribution is 5.42. The number of hydrogen-bond donors (Lipinski definition) is 1. The Kier molecular flexibility index (Phi) is 4.53. The molecule has 0 saturated carbocycles. The second-order valence-corrected chi connectivity index (χ2v) is 6.11. The summed E-state index contributed by atoms with van der Waals surface area (Å²) in [5.41, 5.74) is 2.38. The van der Waals surface area contributed by atoms with Gasteiger partial charge in [-0.3, -0.25) is 4.98 Å².